The largest absolute Gasteiger partial charge is 0.348 e. The second-order valence-electron chi connectivity index (χ2n) is 10.1. The van der Waals surface area contributed by atoms with E-state index < -0.39 is 9.84 Å². The molecule has 7 heteroatoms. The van der Waals surface area contributed by atoms with E-state index in [-0.39, 0.29) is 11.7 Å². The van der Waals surface area contributed by atoms with Crippen molar-refractivity contribution >= 4 is 26.6 Å². The predicted molar refractivity (Wildman–Crippen MR) is 146 cm³/mol. The van der Waals surface area contributed by atoms with Crippen LogP contribution in [0.2, 0.25) is 0 Å². The Labute approximate surface area is 215 Å². The topological polar surface area (TPSA) is 71.4 Å². The number of benzene rings is 2. The minimum atomic E-state index is -3.22. The van der Waals surface area contributed by atoms with Crippen molar-refractivity contribution in [2.45, 2.75) is 83.4 Å². The average Bonchev–Trinajstić information content (AvgIpc) is 3.25. The predicted octanol–water partition coefficient (Wildman–Crippen LogP) is 5.71. The number of carbonyl (C=O) groups is 1. The molecule has 1 amide bonds. The second kappa shape index (κ2) is 11.2. The number of hydrogen-bond acceptors (Lipinski definition) is 4. The van der Waals surface area contributed by atoms with E-state index in [0.29, 0.717) is 29.1 Å². The van der Waals surface area contributed by atoms with Crippen LogP contribution in [0.5, 0.6) is 0 Å². The number of rotatable bonds is 9. The highest BCUT2D eigenvalue weighted by molar-refractivity contribution is 7.91. The summed E-state index contributed by atoms with van der Waals surface area (Å²) in [6, 6.07) is 15.9. The summed E-state index contributed by atoms with van der Waals surface area (Å²) in [7, 11) is -3.22. The van der Waals surface area contributed by atoms with E-state index >= 15 is 0 Å². The van der Waals surface area contributed by atoms with Crippen molar-refractivity contribution in [2.75, 3.05) is 12.3 Å². The lowest BCUT2D eigenvalue weighted by atomic mass is 10.00. The zero-order valence-electron chi connectivity index (χ0n) is 22.0. The van der Waals surface area contributed by atoms with E-state index in [9.17, 15) is 13.2 Å². The van der Waals surface area contributed by atoms with Crippen molar-refractivity contribution in [1.29, 1.82) is 0 Å². The fourth-order valence-corrected chi connectivity index (χ4v) is 6.25. The second-order valence-corrected chi connectivity index (χ2v) is 12.4. The number of nitrogens with zero attached hydrogens (tertiary/aromatic N) is 2. The summed E-state index contributed by atoms with van der Waals surface area (Å²) in [4.78, 5) is 15.9. The summed E-state index contributed by atoms with van der Waals surface area (Å²) in [6.45, 7) is 10.8. The van der Waals surface area contributed by atoms with Crippen molar-refractivity contribution in [2.24, 2.45) is 0 Å². The number of sulfone groups is 1. The lowest BCUT2D eigenvalue weighted by Crippen LogP contribution is -2.39. The zero-order valence-corrected chi connectivity index (χ0v) is 22.8. The number of likely N-dealkylation sites (tertiary alicyclic amines) is 1. The molecule has 0 radical (unpaired) electrons. The highest BCUT2D eigenvalue weighted by Crippen LogP contribution is 2.29. The first-order chi connectivity index (χ1) is 17.2. The van der Waals surface area contributed by atoms with Gasteiger partial charge in [-0.1, -0.05) is 32.4 Å². The van der Waals surface area contributed by atoms with Crippen LogP contribution in [0.25, 0.3) is 10.9 Å². The van der Waals surface area contributed by atoms with Crippen LogP contribution in [0.3, 0.4) is 0 Å². The standard InChI is InChI=1S/C29H39N3O3S/c1-5-25-9-7-8-16-31(25)20-26-18-24-17-23(12-15-28(24)32(26)21(3)4)29(33)30-19-22-10-13-27(14-11-22)36(34,35)6-2/h10-15,17-18,21,25H,5-9,16,19-20H2,1-4H3,(H,30,33). The monoisotopic (exact) mass is 509 g/mol. The van der Waals surface area contributed by atoms with Crippen LogP contribution in [-0.2, 0) is 22.9 Å². The Balaban J connectivity index is 1.50. The Bertz CT molecular complexity index is 1310. The molecule has 0 saturated carbocycles. The molecule has 1 aromatic heterocycles. The molecule has 1 unspecified atom stereocenters. The number of piperidine rings is 1. The van der Waals surface area contributed by atoms with E-state index in [1.54, 1.807) is 31.2 Å². The van der Waals surface area contributed by atoms with Gasteiger partial charge < -0.3 is 9.88 Å². The van der Waals surface area contributed by atoms with Gasteiger partial charge in [-0.05, 0) is 81.6 Å². The lowest BCUT2D eigenvalue weighted by Gasteiger charge is -2.35. The fraction of sp³-hybridized carbons (Fsp3) is 0.483. The van der Waals surface area contributed by atoms with E-state index in [2.05, 4.69) is 47.7 Å². The first kappa shape index (κ1) is 26.4. The third kappa shape index (κ3) is 5.68. The normalized spacial score (nSPS) is 17.1. The molecule has 1 aliphatic heterocycles. The molecular weight excluding hydrogens is 470 g/mol. The molecule has 194 valence electrons. The van der Waals surface area contributed by atoms with E-state index in [1.807, 2.05) is 12.1 Å². The third-order valence-corrected chi connectivity index (χ3v) is 9.15. The van der Waals surface area contributed by atoms with Crippen molar-refractivity contribution in [3.63, 3.8) is 0 Å². The molecule has 1 fully saturated rings. The highest BCUT2D eigenvalue weighted by Gasteiger charge is 2.23. The van der Waals surface area contributed by atoms with Gasteiger partial charge in [0.15, 0.2) is 9.84 Å². The van der Waals surface area contributed by atoms with Gasteiger partial charge in [0, 0.05) is 47.3 Å². The molecule has 0 aliphatic carbocycles. The van der Waals surface area contributed by atoms with Crippen molar-refractivity contribution < 1.29 is 13.2 Å². The number of hydrogen-bond donors (Lipinski definition) is 1. The van der Waals surface area contributed by atoms with Crippen LogP contribution >= 0.6 is 0 Å². The molecule has 2 heterocycles. The summed E-state index contributed by atoms with van der Waals surface area (Å²) in [5.41, 5.74) is 3.96. The first-order valence-electron chi connectivity index (χ1n) is 13.2. The lowest BCUT2D eigenvalue weighted by molar-refractivity contribution is 0.0951. The third-order valence-electron chi connectivity index (χ3n) is 7.40. The van der Waals surface area contributed by atoms with Crippen LogP contribution < -0.4 is 5.32 Å². The Morgan fingerprint density at radius 2 is 1.81 bits per heavy atom. The van der Waals surface area contributed by atoms with E-state index in [4.69, 9.17) is 0 Å². The molecular formula is C29H39N3O3S. The maximum atomic E-state index is 12.9. The number of fused-ring (bicyclic) bond motifs is 1. The molecule has 36 heavy (non-hydrogen) atoms. The maximum Gasteiger partial charge on any atom is 0.251 e. The van der Waals surface area contributed by atoms with Crippen molar-refractivity contribution in [3.8, 4) is 0 Å². The van der Waals surface area contributed by atoms with Crippen LogP contribution in [-0.4, -0.2) is 42.1 Å². The zero-order chi connectivity index (χ0) is 25.9. The van der Waals surface area contributed by atoms with Gasteiger partial charge in [-0.25, -0.2) is 8.42 Å². The number of aromatic nitrogens is 1. The van der Waals surface area contributed by atoms with Gasteiger partial charge in [-0.15, -0.1) is 0 Å². The van der Waals surface area contributed by atoms with Crippen LogP contribution in [0.4, 0.5) is 0 Å². The van der Waals surface area contributed by atoms with Gasteiger partial charge in [0.2, 0.25) is 0 Å². The minimum Gasteiger partial charge on any atom is -0.348 e. The molecule has 2 aromatic carbocycles. The summed E-state index contributed by atoms with van der Waals surface area (Å²) >= 11 is 0. The Morgan fingerprint density at radius 3 is 2.47 bits per heavy atom. The quantitative estimate of drug-likeness (QED) is 0.401. The average molecular weight is 510 g/mol. The fourth-order valence-electron chi connectivity index (χ4n) is 5.37. The summed E-state index contributed by atoms with van der Waals surface area (Å²) in [6.07, 6.45) is 5.05. The Morgan fingerprint density at radius 1 is 1.06 bits per heavy atom. The number of nitrogens with one attached hydrogen (secondary N) is 1. The van der Waals surface area contributed by atoms with Gasteiger partial charge >= 0.3 is 0 Å². The molecule has 3 aromatic rings. The van der Waals surface area contributed by atoms with Crippen LogP contribution in [0.15, 0.2) is 53.4 Å². The highest BCUT2D eigenvalue weighted by atomic mass is 32.2. The summed E-state index contributed by atoms with van der Waals surface area (Å²) in [5, 5.41) is 4.06. The van der Waals surface area contributed by atoms with Crippen LogP contribution in [0, 0.1) is 0 Å². The first-order valence-corrected chi connectivity index (χ1v) is 14.9. The van der Waals surface area contributed by atoms with Crippen molar-refractivity contribution in [1.82, 2.24) is 14.8 Å². The molecule has 6 nitrogen and oxygen atoms in total. The molecule has 1 saturated heterocycles. The molecule has 1 aliphatic rings. The maximum absolute atomic E-state index is 12.9. The van der Waals surface area contributed by atoms with E-state index in [1.165, 1.54) is 31.4 Å². The SMILES string of the molecule is CCC1CCCCN1Cc1cc2cc(C(=O)NCc3ccc(S(=O)(=O)CC)cc3)ccc2n1C(C)C. The number of carbonyl (C=O) groups excluding carboxylic acids is 1. The Kier molecular flexibility index (Phi) is 8.20. The van der Waals surface area contributed by atoms with Gasteiger partial charge in [0.25, 0.3) is 5.91 Å². The number of amides is 1. The van der Waals surface area contributed by atoms with Crippen LogP contribution in [0.1, 0.15) is 81.0 Å². The summed E-state index contributed by atoms with van der Waals surface area (Å²) < 4.78 is 26.4. The molecule has 1 atom stereocenters. The van der Waals surface area contributed by atoms with Gasteiger partial charge in [0.1, 0.15) is 0 Å². The Hall–Kier alpha value is -2.64. The van der Waals surface area contributed by atoms with Gasteiger partial charge in [-0.2, -0.15) is 0 Å². The molecule has 0 bridgehead atoms. The minimum absolute atomic E-state index is 0.0724. The summed E-state index contributed by atoms with van der Waals surface area (Å²) in [5.74, 6) is -0.0636. The molecule has 4 rings (SSSR count). The molecule has 1 N–H and O–H groups in total. The van der Waals surface area contributed by atoms with Gasteiger partial charge in [0.05, 0.1) is 10.6 Å². The van der Waals surface area contributed by atoms with Gasteiger partial charge in [-0.3, -0.25) is 9.69 Å². The smallest absolute Gasteiger partial charge is 0.251 e. The molecule has 0 spiro atoms. The van der Waals surface area contributed by atoms with Crippen molar-refractivity contribution in [3.05, 3.63) is 65.4 Å². The van der Waals surface area contributed by atoms with E-state index in [0.717, 1.165) is 29.6 Å².